The van der Waals surface area contributed by atoms with Gasteiger partial charge in [-0.2, -0.15) is 0 Å². The van der Waals surface area contributed by atoms with Crippen LogP contribution in [0.1, 0.15) is 53.9 Å². The number of nitrogens with zero attached hydrogens (tertiary/aromatic N) is 2. The van der Waals surface area contributed by atoms with E-state index in [9.17, 15) is 0 Å². The number of rotatable bonds is 6. The number of hydrogen-bond donors (Lipinski definition) is 1. The van der Waals surface area contributed by atoms with Gasteiger partial charge >= 0.3 is 0 Å². The lowest BCUT2D eigenvalue weighted by Gasteiger charge is -2.42. The van der Waals surface area contributed by atoms with Gasteiger partial charge in [-0.3, -0.25) is 4.90 Å². The summed E-state index contributed by atoms with van der Waals surface area (Å²) >= 11 is 0. The molecule has 0 atom stereocenters. The van der Waals surface area contributed by atoms with Crippen molar-refractivity contribution in [3.05, 3.63) is 0 Å². The third kappa shape index (κ3) is 6.24. The van der Waals surface area contributed by atoms with Gasteiger partial charge in [0.25, 0.3) is 0 Å². The predicted molar refractivity (Wildman–Crippen MR) is 84.5 cm³/mol. The Balaban J connectivity index is 2.20. The second-order valence-corrected chi connectivity index (χ2v) is 7.81. The van der Waals surface area contributed by atoms with E-state index in [1.54, 1.807) is 0 Å². The zero-order chi connectivity index (χ0) is 14.5. The first-order chi connectivity index (χ1) is 8.74. The molecule has 0 aromatic carbocycles. The van der Waals surface area contributed by atoms with Gasteiger partial charge in [0.15, 0.2) is 0 Å². The summed E-state index contributed by atoms with van der Waals surface area (Å²) in [6.07, 6.45) is 3.75. The first-order valence-corrected chi connectivity index (χ1v) is 7.92. The molecule has 1 saturated heterocycles. The Labute approximate surface area is 120 Å². The molecule has 0 amide bonds. The minimum absolute atomic E-state index is 0.329. The first kappa shape index (κ1) is 16.9. The zero-order valence-corrected chi connectivity index (χ0v) is 13.8. The summed E-state index contributed by atoms with van der Waals surface area (Å²) in [7, 11) is 0. The van der Waals surface area contributed by atoms with Crippen molar-refractivity contribution in [1.29, 1.82) is 0 Å². The van der Waals surface area contributed by atoms with Gasteiger partial charge in [0, 0.05) is 31.7 Å². The minimum Gasteiger partial charge on any atom is -0.330 e. The first-order valence-electron chi connectivity index (χ1n) is 7.92. The van der Waals surface area contributed by atoms with Crippen LogP contribution in [-0.4, -0.2) is 54.6 Å². The Morgan fingerprint density at radius 2 is 1.47 bits per heavy atom. The molecule has 0 aromatic heterocycles. The van der Waals surface area contributed by atoms with Crippen LogP contribution in [0.2, 0.25) is 0 Å². The van der Waals surface area contributed by atoms with Crippen molar-refractivity contribution >= 4 is 0 Å². The van der Waals surface area contributed by atoms with E-state index in [-0.39, 0.29) is 0 Å². The molecule has 0 aromatic rings. The standard InChI is InChI=1S/C16H35N3/c1-15(2,3)19-13-11-18(12-14-19)10-6-7-16(4,5)8-9-17/h6-14,17H2,1-5H3. The molecule has 0 bridgehead atoms. The third-order valence-electron chi connectivity index (χ3n) is 4.47. The Morgan fingerprint density at radius 3 is 1.95 bits per heavy atom. The molecule has 3 nitrogen and oxygen atoms in total. The lowest BCUT2D eigenvalue weighted by Crippen LogP contribution is -2.53. The van der Waals surface area contributed by atoms with E-state index in [1.165, 1.54) is 45.6 Å². The maximum atomic E-state index is 5.67. The van der Waals surface area contributed by atoms with Gasteiger partial charge in [0.2, 0.25) is 0 Å². The smallest absolute Gasteiger partial charge is 0.0126 e. The highest BCUT2D eigenvalue weighted by atomic mass is 15.3. The minimum atomic E-state index is 0.329. The van der Waals surface area contributed by atoms with Gasteiger partial charge in [-0.1, -0.05) is 13.8 Å². The molecule has 114 valence electrons. The summed E-state index contributed by atoms with van der Waals surface area (Å²) in [6, 6.07) is 0. The molecule has 0 spiro atoms. The van der Waals surface area contributed by atoms with Gasteiger partial charge in [0.1, 0.15) is 0 Å². The van der Waals surface area contributed by atoms with Crippen LogP contribution in [0.4, 0.5) is 0 Å². The number of hydrogen-bond acceptors (Lipinski definition) is 3. The molecule has 1 fully saturated rings. The Morgan fingerprint density at radius 1 is 0.895 bits per heavy atom. The Kier molecular flexibility index (Phi) is 6.28. The molecule has 1 aliphatic heterocycles. The molecule has 1 aliphatic rings. The van der Waals surface area contributed by atoms with Crippen molar-refractivity contribution in [2.24, 2.45) is 11.1 Å². The van der Waals surface area contributed by atoms with E-state index >= 15 is 0 Å². The van der Waals surface area contributed by atoms with Crippen molar-refractivity contribution in [3.8, 4) is 0 Å². The fourth-order valence-corrected chi connectivity index (χ4v) is 2.94. The van der Waals surface area contributed by atoms with E-state index in [4.69, 9.17) is 5.73 Å². The van der Waals surface area contributed by atoms with Crippen LogP contribution >= 0.6 is 0 Å². The second kappa shape index (κ2) is 7.05. The van der Waals surface area contributed by atoms with Crippen LogP contribution in [0.5, 0.6) is 0 Å². The average Bonchev–Trinajstić information content (AvgIpc) is 2.28. The van der Waals surface area contributed by atoms with Gasteiger partial charge in [-0.05, 0) is 58.5 Å². The molecular formula is C16H35N3. The predicted octanol–water partition coefficient (Wildman–Crippen LogP) is 2.56. The van der Waals surface area contributed by atoms with Crippen molar-refractivity contribution in [2.45, 2.75) is 59.4 Å². The SMILES string of the molecule is CC(C)(CCN)CCCN1CCN(C(C)(C)C)CC1. The third-order valence-corrected chi connectivity index (χ3v) is 4.47. The highest BCUT2D eigenvalue weighted by Gasteiger charge is 2.25. The van der Waals surface area contributed by atoms with Crippen molar-refractivity contribution < 1.29 is 0 Å². The second-order valence-electron chi connectivity index (χ2n) is 7.81. The monoisotopic (exact) mass is 269 g/mol. The maximum absolute atomic E-state index is 5.67. The summed E-state index contributed by atoms with van der Waals surface area (Å²) < 4.78 is 0. The summed E-state index contributed by atoms with van der Waals surface area (Å²) in [5, 5.41) is 0. The highest BCUT2D eigenvalue weighted by Crippen LogP contribution is 2.26. The molecule has 0 radical (unpaired) electrons. The van der Waals surface area contributed by atoms with E-state index < -0.39 is 0 Å². The number of piperazine rings is 1. The van der Waals surface area contributed by atoms with E-state index in [2.05, 4.69) is 44.4 Å². The lowest BCUT2D eigenvalue weighted by molar-refractivity contribution is 0.0602. The fraction of sp³-hybridized carbons (Fsp3) is 1.00. The van der Waals surface area contributed by atoms with Crippen molar-refractivity contribution in [3.63, 3.8) is 0 Å². The largest absolute Gasteiger partial charge is 0.330 e. The lowest BCUT2D eigenvalue weighted by atomic mass is 9.84. The molecule has 0 unspecified atom stereocenters. The summed E-state index contributed by atoms with van der Waals surface area (Å²) in [6.45, 7) is 18.6. The van der Waals surface area contributed by atoms with Crippen LogP contribution in [0, 0.1) is 5.41 Å². The summed E-state index contributed by atoms with van der Waals surface area (Å²) in [5.74, 6) is 0. The molecule has 3 heteroatoms. The highest BCUT2D eigenvalue weighted by molar-refractivity contribution is 4.82. The molecule has 1 rings (SSSR count). The van der Waals surface area contributed by atoms with Crippen molar-refractivity contribution in [1.82, 2.24) is 9.80 Å². The van der Waals surface area contributed by atoms with Gasteiger partial charge in [0.05, 0.1) is 0 Å². The quantitative estimate of drug-likeness (QED) is 0.804. The normalized spacial score (nSPS) is 19.9. The van der Waals surface area contributed by atoms with E-state index in [0.717, 1.165) is 13.0 Å². The van der Waals surface area contributed by atoms with Crippen LogP contribution in [0.3, 0.4) is 0 Å². The van der Waals surface area contributed by atoms with Gasteiger partial charge in [-0.15, -0.1) is 0 Å². The fourth-order valence-electron chi connectivity index (χ4n) is 2.94. The van der Waals surface area contributed by atoms with Crippen LogP contribution in [0.25, 0.3) is 0 Å². The van der Waals surface area contributed by atoms with Crippen LogP contribution < -0.4 is 5.73 Å². The van der Waals surface area contributed by atoms with Gasteiger partial charge in [-0.25, -0.2) is 0 Å². The molecule has 1 heterocycles. The molecule has 2 N–H and O–H groups in total. The number of nitrogens with two attached hydrogens (primary N) is 1. The molecular weight excluding hydrogens is 234 g/mol. The van der Waals surface area contributed by atoms with Crippen LogP contribution in [0.15, 0.2) is 0 Å². The zero-order valence-electron chi connectivity index (χ0n) is 13.8. The van der Waals surface area contributed by atoms with Crippen molar-refractivity contribution in [2.75, 3.05) is 39.3 Å². The van der Waals surface area contributed by atoms with Gasteiger partial charge < -0.3 is 10.6 Å². The average molecular weight is 269 g/mol. The van der Waals surface area contributed by atoms with E-state index in [0.29, 0.717) is 11.0 Å². The van der Waals surface area contributed by atoms with E-state index in [1.807, 2.05) is 0 Å². The Bertz CT molecular complexity index is 247. The summed E-state index contributed by atoms with van der Waals surface area (Å²) in [4.78, 5) is 5.22. The molecule has 19 heavy (non-hydrogen) atoms. The Hall–Kier alpha value is -0.120. The molecule has 0 saturated carbocycles. The topological polar surface area (TPSA) is 32.5 Å². The van der Waals surface area contributed by atoms with Crippen LogP contribution in [-0.2, 0) is 0 Å². The maximum Gasteiger partial charge on any atom is 0.0126 e. The summed E-state index contributed by atoms with van der Waals surface area (Å²) in [5.41, 5.74) is 6.42. The molecule has 0 aliphatic carbocycles.